The maximum atomic E-state index is 12.8. The average Bonchev–Trinajstić information content (AvgIpc) is 2.77. The first-order valence-electron chi connectivity index (χ1n) is 10.3. The summed E-state index contributed by atoms with van der Waals surface area (Å²) in [4.78, 5) is 48.3. The maximum Gasteiger partial charge on any atom is 0.326 e. The van der Waals surface area contributed by atoms with Gasteiger partial charge < -0.3 is 32.3 Å². The third-order valence-corrected chi connectivity index (χ3v) is 4.94. The Labute approximate surface area is 191 Å². The number of carboxylic acids is 1. The molecule has 0 heterocycles. The monoisotopic (exact) mass is 456 g/mol. The number of benzene rings is 2. The van der Waals surface area contributed by atoms with Crippen molar-refractivity contribution < 1.29 is 29.4 Å². The van der Waals surface area contributed by atoms with E-state index in [2.05, 4.69) is 10.6 Å². The van der Waals surface area contributed by atoms with E-state index in [1.165, 1.54) is 24.3 Å². The number of aliphatic carboxylic acids is 1. The number of hydrogen-bond acceptors (Lipinski definition) is 6. The van der Waals surface area contributed by atoms with Crippen LogP contribution in [-0.4, -0.2) is 52.0 Å². The lowest BCUT2D eigenvalue weighted by molar-refractivity contribution is -0.142. The molecule has 0 bridgehead atoms. The molecule has 2 aromatic carbocycles. The molecule has 0 aliphatic carbocycles. The van der Waals surface area contributed by atoms with Crippen LogP contribution in [0.3, 0.4) is 0 Å². The fourth-order valence-electron chi connectivity index (χ4n) is 3.14. The van der Waals surface area contributed by atoms with Crippen LogP contribution in [0, 0.1) is 0 Å². The molecule has 0 saturated carbocycles. The summed E-state index contributed by atoms with van der Waals surface area (Å²) in [7, 11) is 0. The molecule has 3 amide bonds. The van der Waals surface area contributed by atoms with Crippen molar-refractivity contribution in [3.8, 4) is 5.75 Å². The van der Waals surface area contributed by atoms with Gasteiger partial charge in [-0.3, -0.25) is 14.4 Å². The molecule has 10 nitrogen and oxygen atoms in total. The molecule has 2 rings (SSSR count). The lowest BCUT2D eigenvalue weighted by atomic mass is 10.0. The van der Waals surface area contributed by atoms with Crippen LogP contribution < -0.4 is 22.1 Å². The van der Waals surface area contributed by atoms with Crippen LogP contribution >= 0.6 is 0 Å². The summed E-state index contributed by atoms with van der Waals surface area (Å²) in [5.74, 6) is -3.32. The zero-order chi connectivity index (χ0) is 24.4. The summed E-state index contributed by atoms with van der Waals surface area (Å²) in [6, 6.07) is 11.5. The average molecular weight is 456 g/mol. The highest BCUT2D eigenvalue weighted by Crippen LogP contribution is 2.12. The van der Waals surface area contributed by atoms with Gasteiger partial charge in [-0.2, -0.15) is 0 Å². The summed E-state index contributed by atoms with van der Waals surface area (Å²) in [6.07, 6.45) is -0.126. The largest absolute Gasteiger partial charge is 0.508 e. The molecule has 0 aliphatic heterocycles. The quantitative estimate of drug-likeness (QED) is 0.256. The number of amides is 3. The van der Waals surface area contributed by atoms with Crippen molar-refractivity contribution in [2.75, 3.05) is 0 Å². The topological polar surface area (TPSA) is 185 Å². The lowest BCUT2D eigenvalue weighted by Gasteiger charge is -2.23. The molecule has 2 aromatic rings. The van der Waals surface area contributed by atoms with Gasteiger partial charge in [0.1, 0.15) is 17.8 Å². The number of primary amides is 1. The van der Waals surface area contributed by atoms with Crippen LogP contribution in [0.4, 0.5) is 0 Å². The molecule has 0 fully saturated rings. The number of hydrogen-bond donors (Lipinski definition) is 6. The lowest BCUT2D eigenvalue weighted by Crippen LogP contribution is -2.55. The first kappa shape index (κ1) is 25.3. The Kier molecular flexibility index (Phi) is 9.37. The number of carbonyl (C=O) groups excluding carboxylic acids is 3. The molecule has 0 spiro atoms. The van der Waals surface area contributed by atoms with Gasteiger partial charge in [0.25, 0.3) is 0 Å². The molecular weight excluding hydrogens is 428 g/mol. The third kappa shape index (κ3) is 8.62. The first-order valence-corrected chi connectivity index (χ1v) is 10.3. The second-order valence-electron chi connectivity index (χ2n) is 7.63. The minimum atomic E-state index is -1.30. The Hall–Kier alpha value is -3.92. The minimum Gasteiger partial charge on any atom is -0.508 e. The molecule has 3 unspecified atom stereocenters. The SMILES string of the molecule is NC(=O)CCC(NC(=O)C(N)Cc1ccccc1)C(=O)NC(Cc1ccc(O)cc1)C(=O)O. The van der Waals surface area contributed by atoms with Crippen LogP contribution in [0.5, 0.6) is 5.75 Å². The van der Waals surface area contributed by atoms with E-state index in [-0.39, 0.29) is 31.4 Å². The molecule has 0 aromatic heterocycles. The number of rotatable bonds is 12. The van der Waals surface area contributed by atoms with E-state index in [9.17, 15) is 29.4 Å². The molecule has 176 valence electrons. The van der Waals surface area contributed by atoms with Crippen molar-refractivity contribution in [3.63, 3.8) is 0 Å². The Balaban J connectivity index is 2.07. The van der Waals surface area contributed by atoms with Crippen molar-refractivity contribution in [2.24, 2.45) is 11.5 Å². The van der Waals surface area contributed by atoms with Gasteiger partial charge >= 0.3 is 5.97 Å². The van der Waals surface area contributed by atoms with E-state index < -0.39 is 41.8 Å². The molecule has 8 N–H and O–H groups in total. The summed E-state index contributed by atoms with van der Waals surface area (Å²) < 4.78 is 0. The number of nitrogens with one attached hydrogen (secondary N) is 2. The van der Waals surface area contributed by atoms with Crippen molar-refractivity contribution in [1.82, 2.24) is 10.6 Å². The molecule has 0 saturated heterocycles. The van der Waals surface area contributed by atoms with Crippen molar-refractivity contribution in [3.05, 3.63) is 65.7 Å². The van der Waals surface area contributed by atoms with Gasteiger partial charge in [0.2, 0.25) is 17.7 Å². The number of carbonyl (C=O) groups is 4. The molecule has 0 aliphatic rings. The van der Waals surface area contributed by atoms with Gasteiger partial charge in [0.15, 0.2) is 0 Å². The Bertz CT molecular complexity index is 965. The zero-order valence-electron chi connectivity index (χ0n) is 17.9. The molecule has 10 heteroatoms. The standard InChI is InChI=1S/C23H28N4O6/c24-17(12-14-4-2-1-3-5-14)21(30)26-18(10-11-20(25)29)22(31)27-19(23(32)33)13-15-6-8-16(28)9-7-15/h1-9,17-19,28H,10-13,24H2,(H2,25,29)(H,26,30)(H,27,31)(H,32,33). The van der Waals surface area contributed by atoms with Crippen molar-refractivity contribution in [2.45, 2.75) is 43.8 Å². The Morgan fingerprint density at radius 1 is 0.818 bits per heavy atom. The summed E-state index contributed by atoms with van der Waals surface area (Å²) >= 11 is 0. The van der Waals surface area contributed by atoms with Gasteiger partial charge in [-0.05, 0) is 36.1 Å². The van der Waals surface area contributed by atoms with E-state index in [4.69, 9.17) is 11.5 Å². The second-order valence-corrected chi connectivity index (χ2v) is 7.63. The normalized spacial score (nSPS) is 13.4. The Morgan fingerprint density at radius 3 is 1.97 bits per heavy atom. The summed E-state index contributed by atoms with van der Waals surface area (Å²) in [5.41, 5.74) is 12.5. The number of phenolic OH excluding ortho intramolecular Hbond substituents is 1. The molecule has 0 radical (unpaired) electrons. The maximum absolute atomic E-state index is 12.8. The van der Waals surface area contributed by atoms with Crippen molar-refractivity contribution >= 4 is 23.7 Å². The van der Waals surface area contributed by atoms with E-state index in [1.807, 2.05) is 30.3 Å². The predicted octanol–water partition coefficient (Wildman–Crippen LogP) is -0.176. The van der Waals surface area contributed by atoms with E-state index in [0.717, 1.165) is 5.56 Å². The fourth-order valence-corrected chi connectivity index (χ4v) is 3.14. The number of aromatic hydroxyl groups is 1. The van der Waals surface area contributed by atoms with Gasteiger partial charge in [0, 0.05) is 12.8 Å². The highest BCUT2D eigenvalue weighted by Gasteiger charge is 2.28. The molecule has 3 atom stereocenters. The zero-order valence-corrected chi connectivity index (χ0v) is 17.9. The van der Waals surface area contributed by atoms with Gasteiger partial charge in [-0.25, -0.2) is 4.79 Å². The number of phenols is 1. The second kappa shape index (κ2) is 12.2. The number of nitrogens with two attached hydrogens (primary N) is 2. The van der Waals surface area contributed by atoms with Crippen LogP contribution in [0.2, 0.25) is 0 Å². The first-order chi connectivity index (χ1) is 15.7. The van der Waals surface area contributed by atoms with E-state index in [0.29, 0.717) is 5.56 Å². The number of carboxylic acid groups (broad SMARTS) is 1. The molecular formula is C23H28N4O6. The highest BCUT2D eigenvalue weighted by atomic mass is 16.4. The van der Waals surface area contributed by atoms with Crippen LogP contribution in [0.25, 0.3) is 0 Å². The third-order valence-electron chi connectivity index (χ3n) is 4.94. The highest BCUT2D eigenvalue weighted by molar-refractivity contribution is 5.92. The smallest absolute Gasteiger partial charge is 0.326 e. The van der Waals surface area contributed by atoms with Crippen LogP contribution in [0.15, 0.2) is 54.6 Å². The predicted molar refractivity (Wildman–Crippen MR) is 120 cm³/mol. The molecule has 33 heavy (non-hydrogen) atoms. The van der Waals surface area contributed by atoms with E-state index >= 15 is 0 Å². The minimum absolute atomic E-state index is 0.0238. The van der Waals surface area contributed by atoms with Crippen molar-refractivity contribution in [1.29, 1.82) is 0 Å². The summed E-state index contributed by atoms with van der Waals surface area (Å²) in [6.45, 7) is 0. The fraction of sp³-hybridized carbons (Fsp3) is 0.304. The van der Waals surface area contributed by atoms with E-state index in [1.54, 1.807) is 0 Å². The summed E-state index contributed by atoms with van der Waals surface area (Å²) in [5, 5.41) is 23.8. The van der Waals surface area contributed by atoms with Crippen LogP contribution in [-0.2, 0) is 32.0 Å². The Morgan fingerprint density at radius 2 is 1.39 bits per heavy atom. The van der Waals surface area contributed by atoms with Gasteiger partial charge in [-0.15, -0.1) is 0 Å². The van der Waals surface area contributed by atoms with Crippen LogP contribution in [0.1, 0.15) is 24.0 Å². The van der Waals surface area contributed by atoms with Gasteiger partial charge in [0.05, 0.1) is 6.04 Å². The van der Waals surface area contributed by atoms with Gasteiger partial charge in [-0.1, -0.05) is 42.5 Å².